The number of carbonyl (C=O) groups is 1. The van der Waals surface area contributed by atoms with Crippen LogP contribution in [0.1, 0.15) is 11.1 Å². The van der Waals surface area contributed by atoms with Crippen LogP contribution in [0.2, 0.25) is 5.02 Å². The molecule has 1 amide bonds. The second-order valence-corrected chi connectivity index (χ2v) is 4.64. The van der Waals surface area contributed by atoms with Gasteiger partial charge in [0.2, 0.25) is 5.91 Å². The number of oxime groups is 1. The highest BCUT2D eigenvalue weighted by molar-refractivity contribution is 7.99. The Balaban J connectivity index is 2.73. The molecule has 0 heterocycles. The van der Waals surface area contributed by atoms with Crippen molar-refractivity contribution in [1.29, 1.82) is 0 Å². The highest BCUT2D eigenvalue weighted by atomic mass is 35.5. The van der Waals surface area contributed by atoms with Crippen molar-refractivity contribution in [3.8, 4) is 0 Å². The van der Waals surface area contributed by atoms with Crippen molar-refractivity contribution >= 4 is 35.1 Å². The molecule has 0 radical (unpaired) electrons. The number of thioether (sulfide) groups is 1. The number of primary amides is 1. The summed E-state index contributed by atoms with van der Waals surface area (Å²) in [5, 5.41) is 11.9. The van der Waals surface area contributed by atoms with E-state index in [1.54, 1.807) is 18.2 Å². The van der Waals surface area contributed by atoms with Crippen molar-refractivity contribution in [2.24, 2.45) is 16.6 Å². The number of nitrogens with two attached hydrogens (primary N) is 2. The SMILES string of the molecule is NC(=O)CSCc1ccc(/C(N)=N/O)cc1Cl. The molecule has 92 valence electrons. The van der Waals surface area contributed by atoms with E-state index in [2.05, 4.69) is 5.16 Å². The van der Waals surface area contributed by atoms with Gasteiger partial charge in [0.15, 0.2) is 5.84 Å². The smallest absolute Gasteiger partial charge is 0.227 e. The fourth-order valence-electron chi connectivity index (χ4n) is 1.14. The number of carbonyl (C=O) groups excluding carboxylic acids is 1. The molecule has 1 rings (SSSR count). The topological polar surface area (TPSA) is 102 Å². The minimum atomic E-state index is -0.362. The molecule has 0 aromatic heterocycles. The normalized spacial score (nSPS) is 11.5. The molecule has 1 aromatic carbocycles. The Hall–Kier alpha value is -1.40. The number of benzene rings is 1. The predicted molar refractivity (Wildman–Crippen MR) is 69.3 cm³/mol. The summed E-state index contributed by atoms with van der Waals surface area (Å²) in [5.74, 6) is 0.471. The van der Waals surface area contributed by atoms with Gasteiger partial charge in [-0.3, -0.25) is 4.79 Å². The van der Waals surface area contributed by atoms with Gasteiger partial charge in [-0.05, 0) is 11.6 Å². The molecule has 0 fully saturated rings. The fourth-order valence-corrected chi connectivity index (χ4v) is 2.24. The summed E-state index contributed by atoms with van der Waals surface area (Å²) in [6.45, 7) is 0. The van der Waals surface area contributed by atoms with Crippen LogP contribution in [-0.2, 0) is 10.5 Å². The largest absolute Gasteiger partial charge is 0.409 e. The molecule has 0 saturated carbocycles. The number of hydrogen-bond acceptors (Lipinski definition) is 4. The van der Waals surface area contributed by atoms with Crippen LogP contribution in [0.25, 0.3) is 0 Å². The van der Waals surface area contributed by atoms with Crippen LogP contribution in [0.15, 0.2) is 23.4 Å². The molecule has 7 heteroatoms. The lowest BCUT2D eigenvalue weighted by atomic mass is 10.1. The summed E-state index contributed by atoms with van der Waals surface area (Å²) in [4.78, 5) is 10.6. The minimum absolute atomic E-state index is 0.00300. The van der Waals surface area contributed by atoms with E-state index < -0.39 is 0 Å². The Labute approximate surface area is 108 Å². The number of nitrogens with zero attached hydrogens (tertiary/aromatic N) is 1. The molecule has 0 saturated heterocycles. The van der Waals surface area contributed by atoms with Crippen molar-refractivity contribution in [2.75, 3.05) is 5.75 Å². The van der Waals surface area contributed by atoms with Crippen molar-refractivity contribution < 1.29 is 10.0 Å². The van der Waals surface area contributed by atoms with Crippen LogP contribution in [0.3, 0.4) is 0 Å². The Kier molecular flexibility index (Phi) is 5.11. The summed E-state index contributed by atoms with van der Waals surface area (Å²) < 4.78 is 0. The van der Waals surface area contributed by atoms with Crippen LogP contribution >= 0.6 is 23.4 Å². The third-order valence-corrected chi connectivity index (χ3v) is 3.31. The van der Waals surface area contributed by atoms with E-state index >= 15 is 0 Å². The summed E-state index contributed by atoms with van der Waals surface area (Å²) >= 11 is 7.40. The highest BCUT2D eigenvalue weighted by Crippen LogP contribution is 2.22. The van der Waals surface area contributed by atoms with Gasteiger partial charge in [-0.2, -0.15) is 0 Å². The number of amidine groups is 1. The third kappa shape index (κ3) is 4.16. The first kappa shape index (κ1) is 13.7. The molecule has 0 bridgehead atoms. The Morgan fingerprint density at radius 1 is 1.47 bits per heavy atom. The van der Waals surface area contributed by atoms with E-state index in [0.717, 1.165) is 5.56 Å². The maximum absolute atomic E-state index is 10.6. The van der Waals surface area contributed by atoms with Crippen LogP contribution in [-0.4, -0.2) is 22.7 Å². The first-order chi connectivity index (χ1) is 8.04. The summed E-state index contributed by atoms with van der Waals surface area (Å²) in [6, 6.07) is 5.07. The number of halogens is 1. The molecule has 1 aromatic rings. The molecule has 0 aliphatic rings. The van der Waals surface area contributed by atoms with E-state index in [9.17, 15) is 4.79 Å². The Morgan fingerprint density at radius 2 is 2.18 bits per heavy atom. The van der Waals surface area contributed by atoms with Crippen molar-refractivity contribution in [1.82, 2.24) is 0 Å². The maximum atomic E-state index is 10.6. The van der Waals surface area contributed by atoms with Crippen LogP contribution in [0, 0.1) is 0 Å². The average molecular weight is 274 g/mol. The highest BCUT2D eigenvalue weighted by Gasteiger charge is 2.05. The lowest BCUT2D eigenvalue weighted by Gasteiger charge is -2.05. The van der Waals surface area contributed by atoms with Gasteiger partial charge in [0.05, 0.1) is 5.75 Å². The summed E-state index contributed by atoms with van der Waals surface area (Å²) in [6.07, 6.45) is 0. The molecular weight excluding hydrogens is 262 g/mol. The summed E-state index contributed by atoms with van der Waals surface area (Å²) in [7, 11) is 0. The second kappa shape index (κ2) is 6.36. The van der Waals surface area contributed by atoms with Crippen molar-refractivity contribution in [3.05, 3.63) is 34.3 Å². The molecule has 0 unspecified atom stereocenters. The van der Waals surface area contributed by atoms with Gasteiger partial charge in [-0.1, -0.05) is 28.9 Å². The zero-order valence-electron chi connectivity index (χ0n) is 8.89. The van der Waals surface area contributed by atoms with Crippen LogP contribution < -0.4 is 11.5 Å². The first-order valence-corrected chi connectivity index (χ1v) is 6.20. The number of rotatable bonds is 5. The van der Waals surface area contributed by atoms with E-state index in [4.69, 9.17) is 28.3 Å². The zero-order valence-corrected chi connectivity index (χ0v) is 10.5. The van der Waals surface area contributed by atoms with Gasteiger partial charge < -0.3 is 16.7 Å². The van der Waals surface area contributed by atoms with Gasteiger partial charge in [-0.15, -0.1) is 11.8 Å². The van der Waals surface area contributed by atoms with Gasteiger partial charge in [0.1, 0.15) is 0 Å². The zero-order chi connectivity index (χ0) is 12.8. The summed E-state index contributed by atoms with van der Waals surface area (Å²) in [5.41, 5.74) is 11.9. The minimum Gasteiger partial charge on any atom is -0.409 e. The molecule has 5 nitrogen and oxygen atoms in total. The standard InChI is InChI=1S/C10H12ClN3O2S/c11-8-3-6(10(13)14-16)1-2-7(8)4-17-5-9(12)15/h1-3,16H,4-5H2,(H2,12,15)(H2,13,14). The van der Waals surface area contributed by atoms with E-state index in [1.165, 1.54) is 11.8 Å². The van der Waals surface area contributed by atoms with Gasteiger partial charge in [0, 0.05) is 16.3 Å². The maximum Gasteiger partial charge on any atom is 0.227 e. The van der Waals surface area contributed by atoms with Crippen molar-refractivity contribution in [2.45, 2.75) is 5.75 Å². The number of hydrogen-bond donors (Lipinski definition) is 3. The fraction of sp³-hybridized carbons (Fsp3) is 0.200. The predicted octanol–water partition coefficient (Wildman–Crippen LogP) is 1.15. The van der Waals surface area contributed by atoms with Crippen LogP contribution in [0.4, 0.5) is 0 Å². The molecule has 0 spiro atoms. The average Bonchev–Trinajstić information content (AvgIpc) is 2.29. The van der Waals surface area contributed by atoms with Crippen molar-refractivity contribution in [3.63, 3.8) is 0 Å². The molecule has 0 aliphatic carbocycles. The molecule has 5 N–H and O–H groups in total. The lowest BCUT2D eigenvalue weighted by molar-refractivity contribution is -0.115. The van der Waals surface area contributed by atoms with E-state index in [0.29, 0.717) is 16.3 Å². The van der Waals surface area contributed by atoms with E-state index in [1.807, 2.05) is 0 Å². The molecular formula is C10H12ClN3O2S. The Morgan fingerprint density at radius 3 is 2.71 bits per heavy atom. The monoisotopic (exact) mass is 273 g/mol. The first-order valence-electron chi connectivity index (χ1n) is 4.67. The number of amides is 1. The van der Waals surface area contributed by atoms with Gasteiger partial charge in [-0.25, -0.2) is 0 Å². The quantitative estimate of drug-likeness (QED) is 0.324. The molecule has 0 aliphatic heterocycles. The van der Waals surface area contributed by atoms with Gasteiger partial charge in [0.25, 0.3) is 0 Å². The van der Waals surface area contributed by atoms with Crippen LogP contribution in [0.5, 0.6) is 0 Å². The molecule has 0 atom stereocenters. The molecule has 17 heavy (non-hydrogen) atoms. The second-order valence-electron chi connectivity index (χ2n) is 3.25. The van der Waals surface area contributed by atoms with E-state index in [-0.39, 0.29) is 17.5 Å². The third-order valence-electron chi connectivity index (χ3n) is 1.96. The van der Waals surface area contributed by atoms with Gasteiger partial charge >= 0.3 is 0 Å². The Bertz CT molecular complexity index is 451. The lowest BCUT2D eigenvalue weighted by Crippen LogP contribution is -2.13.